The lowest BCUT2D eigenvalue weighted by Gasteiger charge is -2.26. The first-order valence-corrected chi connectivity index (χ1v) is 9.97. The van der Waals surface area contributed by atoms with Crippen LogP contribution in [0, 0.1) is 16.0 Å². The molecule has 1 aromatic heterocycles. The van der Waals surface area contributed by atoms with Crippen LogP contribution in [0.1, 0.15) is 50.0 Å². The largest absolute Gasteiger partial charge is 0.409 e. The van der Waals surface area contributed by atoms with Gasteiger partial charge in [0.05, 0.1) is 14.8 Å². The highest BCUT2D eigenvalue weighted by Gasteiger charge is 2.26. The fourth-order valence-electron chi connectivity index (χ4n) is 3.51. The van der Waals surface area contributed by atoms with Gasteiger partial charge in [-0.15, -0.1) is 11.3 Å². The molecule has 1 fully saturated rings. The van der Waals surface area contributed by atoms with Gasteiger partial charge in [0, 0.05) is 30.7 Å². The molecule has 8 nitrogen and oxygen atoms in total. The summed E-state index contributed by atoms with van der Waals surface area (Å²) < 4.78 is 0. The Labute approximate surface area is 166 Å². The molecule has 0 unspecified atom stereocenters. The number of nitro benzene ring substituents is 1. The molecule has 2 aromatic rings. The van der Waals surface area contributed by atoms with Crippen molar-refractivity contribution in [1.29, 1.82) is 0 Å². The molecule has 1 amide bonds. The Morgan fingerprint density at radius 1 is 1.32 bits per heavy atom. The fraction of sp³-hybridized carbons (Fsp3) is 0.421. The van der Waals surface area contributed by atoms with Crippen LogP contribution in [-0.4, -0.2) is 26.9 Å². The zero-order valence-electron chi connectivity index (χ0n) is 15.5. The molecule has 1 aliphatic carbocycles. The molecule has 1 heterocycles. The van der Waals surface area contributed by atoms with E-state index >= 15 is 0 Å². The van der Waals surface area contributed by atoms with Crippen LogP contribution < -0.4 is 5.32 Å². The maximum absolute atomic E-state index is 11.9. The van der Waals surface area contributed by atoms with E-state index in [9.17, 15) is 14.9 Å². The molecule has 0 spiro atoms. The highest BCUT2D eigenvalue weighted by Crippen LogP contribution is 2.40. The summed E-state index contributed by atoms with van der Waals surface area (Å²) in [5.74, 6) is 0.808. The minimum absolute atomic E-state index is 0.0799. The predicted octanol–water partition coefficient (Wildman–Crippen LogP) is 4.31. The van der Waals surface area contributed by atoms with Crippen LogP contribution in [-0.2, 0) is 4.79 Å². The first-order valence-electron chi connectivity index (χ1n) is 9.15. The highest BCUT2D eigenvalue weighted by atomic mass is 32.1. The average molecular weight is 402 g/mol. The van der Waals surface area contributed by atoms with Crippen LogP contribution in [0.3, 0.4) is 0 Å². The van der Waals surface area contributed by atoms with Gasteiger partial charge in [0.2, 0.25) is 5.91 Å². The van der Waals surface area contributed by atoms with Gasteiger partial charge in [-0.3, -0.25) is 14.9 Å². The quantitative estimate of drug-likeness (QED) is 0.254. The third-order valence-electron chi connectivity index (χ3n) is 5.03. The number of nitrogens with zero attached hydrogens (tertiary/aromatic N) is 3. The zero-order valence-corrected chi connectivity index (χ0v) is 16.3. The smallest absolute Gasteiger partial charge is 0.269 e. The van der Waals surface area contributed by atoms with E-state index in [-0.39, 0.29) is 17.4 Å². The van der Waals surface area contributed by atoms with Gasteiger partial charge in [0.15, 0.2) is 0 Å². The number of rotatable bonds is 5. The number of benzene rings is 1. The van der Waals surface area contributed by atoms with Gasteiger partial charge in [-0.1, -0.05) is 5.16 Å². The molecule has 9 heteroatoms. The summed E-state index contributed by atoms with van der Waals surface area (Å²) in [6.07, 6.45) is 6.15. The van der Waals surface area contributed by atoms with Crippen LogP contribution in [0.25, 0.3) is 10.4 Å². The van der Waals surface area contributed by atoms with Gasteiger partial charge in [-0.05, 0) is 56.2 Å². The second-order valence-corrected chi connectivity index (χ2v) is 8.08. The molecule has 0 atom stereocenters. The van der Waals surface area contributed by atoms with Crippen molar-refractivity contribution >= 4 is 28.8 Å². The molecule has 0 saturated heterocycles. The molecule has 1 aromatic carbocycles. The number of nitro groups is 1. The third kappa shape index (κ3) is 4.92. The summed E-state index contributed by atoms with van der Waals surface area (Å²) in [6, 6.07) is 6.52. The van der Waals surface area contributed by atoms with E-state index in [2.05, 4.69) is 15.5 Å². The Morgan fingerprint density at radius 2 is 2.00 bits per heavy atom. The van der Waals surface area contributed by atoms with Crippen molar-refractivity contribution < 1.29 is 14.9 Å². The van der Waals surface area contributed by atoms with E-state index in [0.717, 1.165) is 41.1 Å². The van der Waals surface area contributed by atoms with Gasteiger partial charge >= 0.3 is 0 Å². The van der Waals surface area contributed by atoms with E-state index in [0.29, 0.717) is 18.3 Å². The Balaban J connectivity index is 1.55. The summed E-state index contributed by atoms with van der Waals surface area (Å²) in [5, 5.41) is 26.0. The van der Waals surface area contributed by atoms with Crippen molar-refractivity contribution in [3.05, 3.63) is 45.6 Å². The van der Waals surface area contributed by atoms with Crippen LogP contribution in [0.4, 0.5) is 5.69 Å². The van der Waals surface area contributed by atoms with Crippen molar-refractivity contribution in [2.45, 2.75) is 44.9 Å². The number of carbonyl (C=O) groups is 1. The molecule has 1 saturated carbocycles. The second-order valence-electron chi connectivity index (χ2n) is 7.02. The van der Waals surface area contributed by atoms with E-state index in [4.69, 9.17) is 5.21 Å². The lowest BCUT2D eigenvalue weighted by molar-refractivity contribution is -0.384. The molecule has 3 rings (SSSR count). The second kappa shape index (κ2) is 8.92. The summed E-state index contributed by atoms with van der Waals surface area (Å²) in [4.78, 5) is 27.8. The molecule has 1 aliphatic rings. The number of aromatic nitrogens is 1. The van der Waals surface area contributed by atoms with Crippen molar-refractivity contribution in [2.75, 3.05) is 0 Å². The SMILES string of the molecule is C/C(=N\O)NC(=O)CC1CCC(c2ncc(-c3ccc([N+](=O)[O-])cc3)s2)CC1. The van der Waals surface area contributed by atoms with Crippen molar-refractivity contribution in [1.82, 2.24) is 10.3 Å². The molecule has 0 bridgehead atoms. The lowest BCUT2D eigenvalue weighted by atomic mass is 9.80. The number of hydrogen-bond acceptors (Lipinski definition) is 7. The lowest BCUT2D eigenvalue weighted by Crippen LogP contribution is -2.30. The van der Waals surface area contributed by atoms with Crippen LogP contribution in [0.15, 0.2) is 35.6 Å². The highest BCUT2D eigenvalue weighted by molar-refractivity contribution is 7.15. The number of thiazole rings is 1. The minimum atomic E-state index is -0.404. The summed E-state index contributed by atoms with van der Waals surface area (Å²) in [5.41, 5.74) is 1.01. The van der Waals surface area contributed by atoms with Crippen molar-refractivity contribution in [3.8, 4) is 10.4 Å². The first kappa shape index (κ1) is 19.9. The number of non-ortho nitro benzene ring substituents is 1. The molecule has 28 heavy (non-hydrogen) atoms. The Bertz CT molecular complexity index is 870. The third-order valence-corrected chi connectivity index (χ3v) is 6.24. The van der Waals surface area contributed by atoms with E-state index < -0.39 is 4.92 Å². The number of amidine groups is 1. The maximum Gasteiger partial charge on any atom is 0.269 e. The molecule has 0 radical (unpaired) electrons. The molecule has 2 N–H and O–H groups in total. The van der Waals surface area contributed by atoms with E-state index in [1.807, 2.05) is 6.20 Å². The standard InChI is InChI=1S/C19H22N4O4S/c1-12(22-25)21-18(24)10-13-2-4-15(5-3-13)19-20-11-17(28-19)14-6-8-16(9-7-14)23(26)27/h6-9,11,13,15,25H,2-5,10H2,1H3,(H,21,22,24). The number of oxime groups is 1. The summed E-state index contributed by atoms with van der Waals surface area (Å²) >= 11 is 1.63. The summed E-state index contributed by atoms with van der Waals surface area (Å²) in [7, 11) is 0. The molecule has 148 valence electrons. The van der Waals surface area contributed by atoms with Crippen molar-refractivity contribution in [3.63, 3.8) is 0 Å². The number of amides is 1. The number of nitrogens with one attached hydrogen (secondary N) is 1. The Kier molecular flexibility index (Phi) is 6.35. The normalized spacial score (nSPS) is 20.0. The topological polar surface area (TPSA) is 118 Å². The monoisotopic (exact) mass is 402 g/mol. The summed E-state index contributed by atoms with van der Waals surface area (Å²) in [6.45, 7) is 1.54. The Hall–Kier alpha value is -2.81. The number of hydrogen-bond donors (Lipinski definition) is 2. The fourth-order valence-corrected chi connectivity index (χ4v) is 4.60. The van der Waals surface area contributed by atoms with E-state index in [1.165, 1.54) is 12.1 Å². The first-order chi connectivity index (χ1) is 13.5. The zero-order chi connectivity index (χ0) is 20.1. The number of carbonyl (C=O) groups excluding carboxylic acids is 1. The predicted molar refractivity (Wildman–Crippen MR) is 107 cm³/mol. The maximum atomic E-state index is 11.9. The minimum Gasteiger partial charge on any atom is -0.409 e. The van der Waals surface area contributed by atoms with Gasteiger partial charge in [-0.2, -0.15) is 0 Å². The molecule has 0 aliphatic heterocycles. The average Bonchev–Trinajstić information content (AvgIpc) is 3.18. The van der Waals surface area contributed by atoms with Gasteiger partial charge < -0.3 is 10.5 Å². The van der Waals surface area contributed by atoms with Crippen LogP contribution >= 0.6 is 11.3 Å². The van der Waals surface area contributed by atoms with Crippen molar-refractivity contribution in [2.24, 2.45) is 11.1 Å². The van der Waals surface area contributed by atoms with E-state index in [1.54, 1.807) is 30.4 Å². The Morgan fingerprint density at radius 3 is 2.61 bits per heavy atom. The van der Waals surface area contributed by atoms with Gasteiger partial charge in [0.1, 0.15) is 5.84 Å². The van der Waals surface area contributed by atoms with Gasteiger partial charge in [-0.25, -0.2) is 4.98 Å². The van der Waals surface area contributed by atoms with Crippen LogP contribution in [0.5, 0.6) is 0 Å². The molecular weight excluding hydrogens is 380 g/mol. The van der Waals surface area contributed by atoms with Crippen LogP contribution in [0.2, 0.25) is 0 Å². The molecular formula is C19H22N4O4S. The van der Waals surface area contributed by atoms with Gasteiger partial charge in [0.25, 0.3) is 5.69 Å².